The van der Waals surface area contributed by atoms with Crippen LogP contribution in [-0.2, 0) is 24.4 Å². The second kappa shape index (κ2) is 9.94. The second-order valence-corrected chi connectivity index (χ2v) is 6.54. The fraction of sp³-hybridized carbons (Fsp3) is 0.381. The molecule has 0 radical (unpaired) electrons. The van der Waals surface area contributed by atoms with Crippen molar-refractivity contribution in [2.75, 3.05) is 33.4 Å². The third-order valence-corrected chi connectivity index (χ3v) is 4.64. The highest BCUT2D eigenvalue weighted by molar-refractivity contribution is 5.73. The largest absolute Gasteiger partial charge is 0.497 e. The molecule has 2 aromatic rings. The van der Waals surface area contributed by atoms with Gasteiger partial charge in [0.05, 0.1) is 20.3 Å². The molecular weight excluding hydrogens is 342 g/mol. The normalized spacial score (nSPS) is 14.6. The Kier molecular flexibility index (Phi) is 7.07. The van der Waals surface area contributed by atoms with Gasteiger partial charge in [-0.2, -0.15) is 0 Å². The highest BCUT2D eigenvalue weighted by atomic mass is 16.5. The van der Waals surface area contributed by atoms with Crippen LogP contribution in [0.25, 0.3) is 0 Å². The molecule has 144 valence electrons. The number of carbonyl (C=O) groups is 1. The summed E-state index contributed by atoms with van der Waals surface area (Å²) in [4.78, 5) is 14.5. The highest BCUT2D eigenvalue weighted by Crippen LogP contribution is 2.14. The van der Waals surface area contributed by atoms with Crippen molar-refractivity contribution >= 4 is 6.03 Å². The van der Waals surface area contributed by atoms with E-state index in [1.807, 2.05) is 36.4 Å². The van der Waals surface area contributed by atoms with Crippen molar-refractivity contribution in [3.8, 4) is 5.75 Å². The van der Waals surface area contributed by atoms with E-state index in [9.17, 15) is 4.79 Å². The van der Waals surface area contributed by atoms with E-state index in [4.69, 9.17) is 9.47 Å². The van der Waals surface area contributed by atoms with E-state index in [1.165, 1.54) is 5.56 Å². The Morgan fingerprint density at radius 1 is 1.04 bits per heavy atom. The molecule has 0 bridgehead atoms. The molecule has 0 atom stereocenters. The van der Waals surface area contributed by atoms with Crippen molar-refractivity contribution < 1.29 is 14.3 Å². The summed E-state index contributed by atoms with van der Waals surface area (Å²) in [5, 5.41) is 5.84. The van der Waals surface area contributed by atoms with Crippen LogP contribution in [0.1, 0.15) is 16.7 Å². The van der Waals surface area contributed by atoms with Crippen LogP contribution in [0, 0.1) is 0 Å². The summed E-state index contributed by atoms with van der Waals surface area (Å²) in [5.41, 5.74) is 3.38. The molecule has 0 saturated carbocycles. The maximum Gasteiger partial charge on any atom is 0.315 e. The third-order valence-electron chi connectivity index (χ3n) is 4.64. The lowest BCUT2D eigenvalue weighted by atomic mass is 10.1. The van der Waals surface area contributed by atoms with Gasteiger partial charge in [0.15, 0.2) is 0 Å². The lowest BCUT2D eigenvalue weighted by Gasteiger charge is -2.27. The number of amides is 2. The monoisotopic (exact) mass is 369 g/mol. The first-order chi connectivity index (χ1) is 13.2. The Hall–Kier alpha value is -2.57. The summed E-state index contributed by atoms with van der Waals surface area (Å²) < 4.78 is 10.6. The van der Waals surface area contributed by atoms with Gasteiger partial charge in [-0.1, -0.05) is 36.4 Å². The molecule has 1 aliphatic rings. The number of benzene rings is 2. The average molecular weight is 369 g/mol. The average Bonchev–Trinajstić information content (AvgIpc) is 2.72. The van der Waals surface area contributed by atoms with Gasteiger partial charge in [0.2, 0.25) is 0 Å². The first-order valence-electron chi connectivity index (χ1n) is 9.26. The summed E-state index contributed by atoms with van der Waals surface area (Å²) in [6, 6.07) is 15.7. The summed E-state index contributed by atoms with van der Waals surface area (Å²) in [7, 11) is 1.63. The minimum atomic E-state index is -0.181. The second-order valence-electron chi connectivity index (χ2n) is 6.54. The molecule has 1 heterocycles. The fourth-order valence-electron chi connectivity index (χ4n) is 3.09. The zero-order valence-corrected chi connectivity index (χ0v) is 15.7. The van der Waals surface area contributed by atoms with Gasteiger partial charge in [-0.3, -0.25) is 4.90 Å². The number of nitrogens with one attached hydrogen (secondary N) is 2. The fourth-order valence-corrected chi connectivity index (χ4v) is 3.09. The number of hydrogen-bond donors (Lipinski definition) is 2. The summed E-state index contributed by atoms with van der Waals surface area (Å²) in [6.07, 6.45) is 0. The molecular formula is C21H27N3O3. The zero-order valence-electron chi connectivity index (χ0n) is 15.7. The van der Waals surface area contributed by atoms with Gasteiger partial charge in [-0.15, -0.1) is 0 Å². The Bertz CT molecular complexity index is 745. The third kappa shape index (κ3) is 5.98. The van der Waals surface area contributed by atoms with Crippen molar-refractivity contribution in [1.29, 1.82) is 0 Å². The van der Waals surface area contributed by atoms with Crippen LogP contribution in [0.15, 0.2) is 48.5 Å². The molecule has 27 heavy (non-hydrogen) atoms. The van der Waals surface area contributed by atoms with Crippen LogP contribution >= 0.6 is 0 Å². The number of ether oxygens (including phenoxy) is 2. The molecule has 0 spiro atoms. The molecule has 0 unspecified atom stereocenters. The van der Waals surface area contributed by atoms with E-state index in [0.717, 1.165) is 49.7 Å². The SMILES string of the molecule is COc1cccc(CNC(=O)NCc2ccccc2CN2CCOCC2)c1. The molecule has 6 heteroatoms. The quantitative estimate of drug-likeness (QED) is 0.787. The maximum absolute atomic E-state index is 12.2. The van der Waals surface area contributed by atoms with Gasteiger partial charge < -0.3 is 20.1 Å². The number of rotatable bonds is 7. The van der Waals surface area contributed by atoms with Crippen molar-refractivity contribution in [3.63, 3.8) is 0 Å². The minimum absolute atomic E-state index is 0.181. The van der Waals surface area contributed by atoms with Crippen LogP contribution in [0.5, 0.6) is 5.75 Å². The predicted octanol–water partition coefficient (Wildman–Crippen LogP) is 2.53. The van der Waals surface area contributed by atoms with Gasteiger partial charge in [0, 0.05) is 32.7 Å². The van der Waals surface area contributed by atoms with E-state index in [1.54, 1.807) is 7.11 Å². The number of morpholine rings is 1. The minimum Gasteiger partial charge on any atom is -0.497 e. The number of hydrogen-bond acceptors (Lipinski definition) is 4. The van der Waals surface area contributed by atoms with Crippen LogP contribution in [-0.4, -0.2) is 44.3 Å². The summed E-state index contributed by atoms with van der Waals surface area (Å²) in [5.74, 6) is 0.784. The van der Waals surface area contributed by atoms with Crippen molar-refractivity contribution in [2.45, 2.75) is 19.6 Å². The van der Waals surface area contributed by atoms with E-state index in [-0.39, 0.29) is 6.03 Å². The van der Waals surface area contributed by atoms with Crippen LogP contribution < -0.4 is 15.4 Å². The summed E-state index contributed by atoms with van der Waals surface area (Å²) in [6.45, 7) is 5.31. The van der Waals surface area contributed by atoms with Crippen LogP contribution in [0.2, 0.25) is 0 Å². The molecule has 1 saturated heterocycles. The van der Waals surface area contributed by atoms with E-state index >= 15 is 0 Å². The maximum atomic E-state index is 12.2. The first-order valence-corrected chi connectivity index (χ1v) is 9.26. The van der Waals surface area contributed by atoms with Crippen LogP contribution in [0.4, 0.5) is 4.79 Å². The number of methoxy groups -OCH3 is 1. The lowest BCUT2D eigenvalue weighted by molar-refractivity contribution is 0.0341. The molecule has 0 aliphatic carbocycles. The molecule has 3 rings (SSSR count). The Labute approximate surface area is 160 Å². The predicted molar refractivity (Wildman–Crippen MR) is 105 cm³/mol. The van der Waals surface area contributed by atoms with E-state index in [2.05, 4.69) is 27.7 Å². The van der Waals surface area contributed by atoms with Gasteiger partial charge in [0.1, 0.15) is 5.75 Å². The van der Waals surface area contributed by atoms with Gasteiger partial charge in [-0.05, 0) is 28.8 Å². The highest BCUT2D eigenvalue weighted by Gasteiger charge is 2.13. The topological polar surface area (TPSA) is 62.8 Å². The van der Waals surface area contributed by atoms with Crippen molar-refractivity contribution in [1.82, 2.24) is 15.5 Å². The van der Waals surface area contributed by atoms with Gasteiger partial charge in [0.25, 0.3) is 0 Å². The first kappa shape index (κ1) is 19.2. The molecule has 0 aromatic heterocycles. The molecule has 2 N–H and O–H groups in total. The van der Waals surface area contributed by atoms with E-state index < -0.39 is 0 Å². The van der Waals surface area contributed by atoms with E-state index in [0.29, 0.717) is 13.1 Å². The van der Waals surface area contributed by atoms with Crippen molar-refractivity contribution in [3.05, 3.63) is 65.2 Å². The standard InChI is InChI=1S/C21H27N3O3/c1-26-20-8-4-5-17(13-20)14-22-21(25)23-15-18-6-2-3-7-19(18)16-24-9-11-27-12-10-24/h2-8,13H,9-12,14-16H2,1H3,(H2,22,23,25). The molecule has 6 nitrogen and oxygen atoms in total. The molecule has 2 aromatic carbocycles. The van der Waals surface area contributed by atoms with Crippen molar-refractivity contribution in [2.24, 2.45) is 0 Å². The van der Waals surface area contributed by atoms with Crippen LogP contribution in [0.3, 0.4) is 0 Å². The number of urea groups is 1. The van der Waals surface area contributed by atoms with Gasteiger partial charge in [-0.25, -0.2) is 4.79 Å². The zero-order chi connectivity index (χ0) is 18.9. The Morgan fingerprint density at radius 3 is 2.56 bits per heavy atom. The van der Waals surface area contributed by atoms with Gasteiger partial charge >= 0.3 is 6.03 Å². The smallest absolute Gasteiger partial charge is 0.315 e. The Balaban J connectivity index is 1.49. The lowest BCUT2D eigenvalue weighted by Crippen LogP contribution is -2.37. The number of carbonyl (C=O) groups excluding carboxylic acids is 1. The molecule has 1 aliphatic heterocycles. The number of nitrogens with zero attached hydrogens (tertiary/aromatic N) is 1. The Morgan fingerprint density at radius 2 is 1.78 bits per heavy atom. The summed E-state index contributed by atoms with van der Waals surface area (Å²) >= 11 is 0. The molecule has 1 fully saturated rings. The molecule has 2 amide bonds.